The van der Waals surface area contributed by atoms with Gasteiger partial charge in [-0.05, 0) is 50.8 Å². The Kier molecular flexibility index (Phi) is 9.48. The van der Waals surface area contributed by atoms with Crippen molar-refractivity contribution in [1.29, 1.82) is 0 Å². The number of sulfonamides is 1. The quantitative estimate of drug-likeness (QED) is 0.485. The molecule has 0 saturated heterocycles. The van der Waals surface area contributed by atoms with E-state index in [2.05, 4.69) is 5.32 Å². The van der Waals surface area contributed by atoms with Crippen LogP contribution in [0, 0.1) is 12.7 Å². The van der Waals surface area contributed by atoms with Crippen molar-refractivity contribution in [2.45, 2.75) is 71.0 Å². The van der Waals surface area contributed by atoms with E-state index in [0.29, 0.717) is 0 Å². The maximum absolute atomic E-state index is 14.3. The van der Waals surface area contributed by atoms with Crippen LogP contribution in [0.5, 0.6) is 0 Å². The maximum Gasteiger partial charge on any atom is 0.242 e. The molecule has 2 aromatic carbocycles. The molecule has 7 nitrogen and oxygen atoms in total. The minimum atomic E-state index is -3.75. The summed E-state index contributed by atoms with van der Waals surface area (Å²) in [7, 11) is -3.75. The summed E-state index contributed by atoms with van der Waals surface area (Å²) < 4.78 is 39.9. The highest BCUT2D eigenvalue weighted by atomic mass is 32.2. The van der Waals surface area contributed by atoms with Gasteiger partial charge in [-0.15, -0.1) is 0 Å². The van der Waals surface area contributed by atoms with E-state index in [4.69, 9.17) is 0 Å². The third kappa shape index (κ3) is 7.53. The zero-order chi connectivity index (χ0) is 26.3. The van der Waals surface area contributed by atoms with E-state index in [9.17, 15) is 22.4 Å². The van der Waals surface area contributed by atoms with Gasteiger partial charge in [0.05, 0.1) is 11.9 Å². The molecule has 0 spiro atoms. The van der Waals surface area contributed by atoms with E-state index in [-0.39, 0.29) is 49.5 Å². The lowest BCUT2D eigenvalue weighted by molar-refractivity contribution is -0.141. The van der Waals surface area contributed by atoms with Crippen LogP contribution in [-0.2, 0) is 26.2 Å². The van der Waals surface area contributed by atoms with Gasteiger partial charge in [-0.25, -0.2) is 12.8 Å². The molecule has 0 radical (unpaired) electrons. The van der Waals surface area contributed by atoms with Gasteiger partial charge in [-0.1, -0.05) is 54.8 Å². The second kappa shape index (κ2) is 12.3. The van der Waals surface area contributed by atoms with Gasteiger partial charge in [-0.2, -0.15) is 0 Å². The van der Waals surface area contributed by atoms with E-state index < -0.39 is 21.9 Å². The molecule has 1 saturated carbocycles. The maximum atomic E-state index is 14.3. The second-order valence-electron chi connectivity index (χ2n) is 9.56. The molecule has 0 aromatic heterocycles. The number of rotatable bonds is 11. The van der Waals surface area contributed by atoms with Crippen molar-refractivity contribution in [3.05, 3.63) is 65.5 Å². The number of anilines is 1. The largest absolute Gasteiger partial charge is 0.352 e. The lowest BCUT2D eigenvalue weighted by Gasteiger charge is -2.30. The van der Waals surface area contributed by atoms with Crippen LogP contribution in [0.4, 0.5) is 10.1 Å². The Bertz CT molecular complexity index is 1150. The molecular weight excluding hydrogens is 481 g/mol. The summed E-state index contributed by atoms with van der Waals surface area (Å²) >= 11 is 0. The van der Waals surface area contributed by atoms with E-state index in [1.807, 2.05) is 31.2 Å². The Morgan fingerprint density at radius 3 is 2.33 bits per heavy atom. The first-order valence-corrected chi connectivity index (χ1v) is 14.3. The third-order valence-corrected chi connectivity index (χ3v) is 7.80. The van der Waals surface area contributed by atoms with Gasteiger partial charge < -0.3 is 10.2 Å². The zero-order valence-corrected chi connectivity index (χ0v) is 22.1. The lowest BCUT2D eigenvalue weighted by atomic mass is 10.1. The second-order valence-corrected chi connectivity index (χ2v) is 11.5. The van der Waals surface area contributed by atoms with Crippen LogP contribution in [0.15, 0.2) is 48.5 Å². The average Bonchev–Trinajstić information content (AvgIpc) is 3.34. The molecule has 1 atom stereocenters. The van der Waals surface area contributed by atoms with Crippen molar-refractivity contribution in [3.63, 3.8) is 0 Å². The first kappa shape index (κ1) is 27.6. The molecular formula is C27H36FN3O4S. The highest BCUT2D eigenvalue weighted by Gasteiger charge is 2.29. The van der Waals surface area contributed by atoms with Gasteiger partial charge in [0.25, 0.3) is 0 Å². The van der Waals surface area contributed by atoms with Gasteiger partial charge in [0.2, 0.25) is 21.8 Å². The van der Waals surface area contributed by atoms with E-state index in [1.165, 1.54) is 18.2 Å². The summed E-state index contributed by atoms with van der Waals surface area (Å²) in [6.45, 7) is 3.92. The Balaban J connectivity index is 1.72. The van der Waals surface area contributed by atoms with Crippen LogP contribution in [0.25, 0.3) is 0 Å². The average molecular weight is 518 g/mol. The van der Waals surface area contributed by atoms with E-state index in [0.717, 1.165) is 47.4 Å². The Labute approximate surface area is 213 Å². The van der Waals surface area contributed by atoms with Crippen molar-refractivity contribution in [2.75, 3.05) is 17.1 Å². The molecule has 0 bridgehead atoms. The fourth-order valence-electron chi connectivity index (χ4n) is 4.50. The number of amides is 2. The number of hydrogen-bond donors (Lipinski definition) is 1. The Morgan fingerprint density at radius 1 is 1.08 bits per heavy atom. The number of hydrogen-bond acceptors (Lipinski definition) is 4. The zero-order valence-electron chi connectivity index (χ0n) is 21.2. The highest BCUT2D eigenvalue weighted by Crippen LogP contribution is 2.23. The van der Waals surface area contributed by atoms with Crippen molar-refractivity contribution in [1.82, 2.24) is 10.2 Å². The molecule has 1 N–H and O–H groups in total. The fourth-order valence-corrected chi connectivity index (χ4v) is 5.47. The molecule has 9 heteroatoms. The minimum absolute atomic E-state index is 0.0212. The van der Waals surface area contributed by atoms with E-state index in [1.54, 1.807) is 17.9 Å². The number of nitrogens with one attached hydrogen (secondary N) is 1. The number of benzene rings is 2. The molecule has 0 unspecified atom stereocenters. The van der Waals surface area contributed by atoms with Gasteiger partial charge in [-0.3, -0.25) is 13.9 Å². The fraction of sp³-hybridized carbons (Fsp3) is 0.481. The standard InChI is InChI=1S/C27H36FN3O4S/c1-20-14-16-22(17-15-20)19-30(21(2)27(33)29-23-9-4-5-10-23)26(32)13-8-18-31(36(3,34)35)25-12-7-6-11-24(25)28/h6-7,11-12,14-17,21,23H,4-5,8-10,13,18-19H2,1-3H3,(H,29,33)/t21-/m1/s1. The third-order valence-electron chi connectivity index (χ3n) is 6.62. The SMILES string of the molecule is Cc1ccc(CN(C(=O)CCCN(c2ccccc2F)S(C)(=O)=O)[C@H](C)C(=O)NC2CCCC2)cc1. The van der Waals surface area contributed by atoms with Crippen LogP contribution >= 0.6 is 0 Å². The number of nitrogens with zero attached hydrogens (tertiary/aromatic N) is 2. The van der Waals surface area contributed by atoms with Gasteiger partial charge >= 0.3 is 0 Å². The van der Waals surface area contributed by atoms with E-state index >= 15 is 0 Å². The summed E-state index contributed by atoms with van der Waals surface area (Å²) in [5, 5.41) is 3.07. The molecule has 1 aliphatic carbocycles. The molecule has 1 fully saturated rings. The summed E-state index contributed by atoms with van der Waals surface area (Å²) in [6.07, 6.45) is 5.28. The summed E-state index contributed by atoms with van der Waals surface area (Å²) in [5.74, 6) is -1.09. The summed E-state index contributed by atoms with van der Waals surface area (Å²) in [4.78, 5) is 27.9. The molecule has 36 heavy (non-hydrogen) atoms. The topological polar surface area (TPSA) is 86.8 Å². The Morgan fingerprint density at radius 2 is 1.72 bits per heavy atom. The monoisotopic (exact) mass is 517 g/mol. The summed E-state index contributed by atoms with van der Waals surface area (Å²) in [6, 6.07) is 12.9. The number of carbonyl (C=O) groups excluding carboxylic acids is 2. The number of aryl methyl sites for hydroxylation is 1. The lowest BCUT2D eigenvalue weighted by Crippen LogP contribution is -2.49. The number of halogens is 1. The molecule has 2 amide bonds. The van der Waals surface area contributed by atoms with Crippen molar-refractivity contribution in [3.8, 4) is 0 Å². The smallest absolute Gasteiger partial charge is 0.242 e. The van der Waals surface area contributed by atoms with Gasteiger partial charge in [0, 0.05) is 25.6 Å². The van der Waals surface area contributed by atoms with Gasteiger partial charge in [0.1, 0.15) is 11.9 Å². The van der Waals surface area contributed by atoms with Crippen LogP contribution in [0.1, 0.15) is 56.6 Å². The highest BCUT2D eigenvalue weighted by molar-refractivity contribution is 7.92. The van der Waals surface area contributed by atoms with Crippen LogP contribution in [0.2, 0.25) is 0 Å². The minimum Gasteiger partial charge on any atom is -0.352 e. The molecule has 196 valence electrons. The van der Waals surface area contributed by atoms with Crippen LogP contribution < -0.4 is 9.62 Å². The molecule has 2 aromatic rings. The van der Waals surface area contributed by atoms with Crippen molar-refractivity contribution >= 4 is 27.5 Å². The van der Waals surface area contributed by atoms with Crippen molar-refractivity contribution < 1.29 is 22.4 Å². The molecule has 3 rings (SSSR count). The first-order valence-electron chi connectivity index (χ1n) is 12.4. The molecule has 0 aliphatic heterocycles. The summed E-state index contributed by atoms with van der Waals surface area (Å²) in [5.41, 5.74) is 1.95. The van der Waals surface area contributed by atoms with Crippen molar-refractivity contribution in [2.24, 2.45) is 0 Å². The van der Waals surface area contributed by atoms with Crippen LogP contribution in [-0.4, -0.2) is 50.0 Å². The predicted molar refractivity (Wildman–Crippen MR) is 139 cm³/mol. The number of para-hydroxylation sites is 1. The molecule has 1 aliphatic rings. The predicted octanol–water partition coefficient (Wildman–Crippen LogP) is 4.16. The first-order chi connectivity index (χ1) is 17.1. The number of carbonyl (C=O) groups is 2. The van der Waals surface area contributed by atoms with Gasteiger partial charge in [0.15, 0.2) is 0 Å². The Hall–Kier alpha value is -2.94. The molecule has 0 heterocycles. The normalized spacial score (nSPS) is 14.9. The van der Waals surface area contributed by atoms with Crippen LogP contribution in [0.3, 0.4) is 0 Å².